The average Bonchev–Trinajstić information content (AvgIpc) is 2.46. The van der Waals surface area contributed by atoms with Crippen LogP contribution in [-0.2, 0) is 0 Å². The Hall–Kier alpha value is -2.69. The summed E-state index contributed by atoms with van der Waals surface area (Å²) < 4.78 is 11.1. The van der Waals surface area contributed by atoms with E-state index in [-0.39, 0.29) is 17.4 Å². The maximum atomic E-state index is 10.8. The molecule has 2 aromatic carbocycles. The number of aromatic hydroxyl groups is 1. The van der Waals surface area contributed by atoms with E-state index in [9.17, 15) is 9.90 Å². The summed E-state index contributed by atoms with van der Waals surface area (Å²) in [6, 6.07) is 13.4. The second-order valence-electron chi connectivity index (χ2n) is 4.54. The Bertz CT molecular complexity index is 609. The van der Waals surface area contributed by atoms with Gasteiger partial charge in [0.05, 0.1) is 0 Å². The largest absolute Gasteiger partial charge is 0.507 e. The lowest BCUT2D eigenvalue weighted by Gasteiger charge is -2.16. The van der Waals surface area contributed by atoms with Crippen LogP contribution in [0.5, 0.6) is 17.2 Å². The van der Waals surface area contributed by atoms with E-state index in [1.807, 2.05) is 37.3 Å². The summed E-state index contributed by atoms with van der Waals surface area (Å²) in [7, 11) is 0. The highest BCUT2D eigenvalue weighted by atomic mass is 16.5. The first-order valence-electron chi connectivity index (χ1n) is 6.47. The first-order valence-corrected chi connectivity index (χ1v) is 6.47. The molecule has 0 spiro atoms. The van der Waals surface area contributed by atoms with Crippen LogP contribution < -0.4 is 9.47 Å². The molecule has 2 aromatic rings. The number of ether oxygens (including phenoxy) is 2. The molecule has 1 atom stereocenters. The number of rotatable bonds is 6. The lowest BCUT2D eigenvalue weighted by atomic mass is 10.2. The van der Waals surface area contributed by atoms with Crippen LogP contribution in [0.4, 0.5) is 0 Å². The summed E-state index contributed by atoms with van der Waals surface area (Å²) in [4.78, 5) is 10.8. The van der Waals surface area contributed by atoms with Gasteiger partial charge in [-0.15, -0.1) is 0 Å². The van der Waals surface area contributed by atoms with Crippen LogP contribution >= 0.6 is 0 Å². The van der Waals surface area contributed by atoms with Crippen molar-refractivity contribution >= 4 is 5.97 Å². The molecule has 5 heteroatoms. The van der Waals surface area contributed by atoms with Gasteiger partial charge in [0, 0.05) is 6.07 Å². The van der Waals surface area contributed by atoms with Crippen LogP contribution in [0.15, 0.2) is 48.5 Å². The third-order valence-electron chi connectivity index (χ3n) is 2.76. The second kappa shape index (κ2) is 6.65. The van der Waals surface area contributed by atoms with E-state index < -0.39 is 5.97 Å². The first kappa shape index (κ1) is 14.7. The molecule has 0 aromatic heterocycles. The highest BCUT2D eigenvalue weighted by Crippen LogP contribution is 2.24. The fourth-order valence-electron chi connectivity index (χ4n) is 1.76. The average molecular weight is 288 g/mol. The predicted octanol–water partition coefficient (Wildman–Crippen LogP) is 2.94. The van der Waals surface area contributed by atoms with Gasteiger partial charge in [0.25, 0.3) is 0 Å². The van der Waals surface area contributed by atoms with Gasteiger partial charge in [-0.25, -0.2) is 4.79 Å². The highest BCUT2D eigenvalue weighted by molar-refractivity contribution is 5.90. The lowest BCUT2D eigenvalue weighted by Crippen LogP contribution is -2.21. The van der Waals surface area contributed by atoms with Crippen molar-refractivity contribution in [3.8, 4) is 17.2 Å². The molecule has 0 heterocycles. The van der Waals surface area contributed by atoms with Gasteiger partial charge in [-0.3, -0.25) is 0 Å². The number of benzene rings is 2. The summed E-state index contributed by atoms with van der Waals surface area (Å²) in [5.74, 6) is -0.366. The molecule has 0 saturated carbocycles. The zero-order valence-electron chi connectivity index (χ0n) is 11.5. The Morgan fingerprint density at radius 2 is 1.86 bits per heavy atom. The summed E-state index contributed by atoms with van der Waals surface area (Å²) in [6.07, 6.45) is -0.250. The van der Waals surface area contributed by atoms with Crippen molar-refractivity contribution in [1.82, 2.24) is 0 Å². The minimum absolute atomic E-state index is 0.157. The molecule has 0 fully saturated rings. The number of phenols is 1. The number of carboxylic acid groups (broad SMARTS) is 1. The molecule has 0 aliphatic carbocycles. The fraction of sp³-hybridized carbons (Fsp3) is 0.188. The number of aromatic carboxylic acids is 1. The standard InChI is InChI=1S/C16H16O5/c1-11(10-20-12-5-3-2-4-6-12)21-13-7-8-14(16(18)19)15(17)9-13/h2-9,11,17H,10H2,1H3,(H,18,19). The lowest BCUT2D eigenvalue weighted by molar-refractivity contribution is 0.0693. The second-order valence-corrected chi connectivity index (χ2v) is 4.54. The molecule has 110 valence electrons. The van der Waals surface area contributed by atoms with E-state index >= 15 is 0 Å². The highest BCUT2D eigenvalue weighted by Gasteiger charge is 2.12. The van der Waals surface area contributed by atoms with Gasteiger partial charge in [-0.05, 0) is 31.2 Å². The summed E-state index contributed by atoms with van der Waals surface area (Å²) in [6.45, 7) is 2.16. The van der Waals surface area contributed by atoms with Crippen molar-refractivity contribution < 1.29 is 24.5 Å². The van der Waals surface area contributed by atoms with Gasteiger partial charge in [0.15, 0.2) is 0 Å². The van der Waals surface area contributed by atoms with Gasteiger partial charge in [0.2, 0.25) is 0 Å². The number of para-hydroxylation sites is 1. The van der Waals surface area contributed by atoms with Gasteiger partial charge in [-0.1, -0.05) is 18.2 Å². The SMILES string of the molecule is CC(COc1ccccc1)Oc1ccc(C(=O)O)c(O)c1. The molecule has 0 bridgehead atoms. The molecular formula is C16H16O5. The van der Waals surface area contributed by atoms with Crippen LogP contribution in [0.25, 0.3) is 0 Å². The Balaban J connectivity index is 1.92. The van der Waals surface area contributed by atoms with Crippen molar-refractivity contribution in [2.24, 2.45) is 0 Å². The van der Waals surface area contributed by atoms with Gasteiger partial charge < -0.3 is 19.7 Å². The Morgan fingerprint density at radius 1 is 1.14 bits per heavy atom. The maximum absolute atomic E-state index is 10.8. The number of hydrogen-bond acceptors (Lipinski definition) is 4. The third-order valence-corrected chi connectivity index (χ3v) is 2.76. The molecule has 2 N–H and O–H groups in total. The van der Waals surface area contributed by atoms with E-state index in [0.29, 0.717) is 12.4 Å². The first-order chi connectivity index (χ1) is 10.1. The van der Waals surface area contributed by atoms with Crippen molar-refractivity contribution in [3.63, 3.8) is 0 Å². The molecule has 1 unspecified atom stereocenters. The van der Waals surface area contributed by atoms with Crippen LogP contribution in [0, 0.1) is 0 Å². The third kappa shape index (κ3) is 4.14. The smallest absolute Gasteiger partial charge is 0.339 e. The number of carbonyl (C=O) groups is 1. The van der Waals surface area contributed by atoms with Gasteiger partial charge in [0.1, 0.15) is 35.5 Å². The molecule has 0 radical (unpaired) electrons. The predicted molar refractivity (Wildman–Crippen MR) is 77.1 cm³/mol. The number of carboxylic acids is 1. The fourth-order valence-corrected chi connectivity index (χ4v) is 1.76. The van der Waals surface area contributed by atoms with E-state index in [1.165, 1.54) is 18.2 Å². The minimum Gasteiger partial charge on any atom is -0.507 e. The topological polar surface area (TPSA) is 76.0 Å². The quantitative estimate of drug-likeness (QED) is 0.854. The molecule has 2 rings (SSSR count). The van der Waals surface area contributed by atoms with Crippen molar-refractivity contribution in [1.29, 1.82) is 0 Å². The molecule has 5 nitrogen and oxygen atoms in total. The summed E-state index contributed by atoms with van der Waals surface area (Å²) in [5.41, 5.74) is -0.157. The molecule has 0 aliphatic heterocycles. The minimum atomic E-state index is -1.18. The van der Waals surface area contributed by atoms with Crippen LogP contribution in [0.1, 0.15) is 17.3 Å². The number of hydrogen-bond donors (Lipinski definition) is 2. The van der Waals surface area contributed by atoms with Gasteiger partial charge in [-0.2, -0.15) is 0 Å². The van der Waals surface area contributed by atoms with Crippen LogP contribution in [0.2, 0.25) is 0 Å². The Kier molecular flexibility index (Phi) is 4.66. The zero-order chi connectivity index (χ0) is 15.2. The van der Waals surface area contributed by atoms with E-state index in [4.69, 9.17) is 14.6 Å². The van der Waals surface area contributed by atoms with Crippen LogP contribution in [0.3, 0.4) is 0 Å². The normalized spacial score (nSPS) is 11.7. The maximum Gasteiger partial charge on any atom is 0.339 e. The van der Waals surface area contributed by atoms with E-state index in [2.05, 4.69) is 0 Å². The summed E-state index contributed by atoms with van der Waals surface area (Å²) in [5, 5.41) is 18.4. The summed E-state index contributed by atoms with van der Waals surface area (Å²) >= 11 is 0. The zero-order valence-corrected chi connectivity index (χ0v) is 11.5. The van der Waals surface area contributed by atoms with Crippen molar-refractivity contribution in [3.05, 3.63) is 54.1 Å². The van der Waals surface area contributed by atoms with Gasteiger partial charge >= 0.3 is 5.97 Å². The molecule has 0 saturated heterocycles. The molecule has 0 amide bonds. The van der Waals surface area contributed by atoms with E-state index in [1.54, 1.807) is 0 Å². The Labute approximate surface area is 122 Å². The molecule has 0 aliphatic rings. The van der Waals surface area contributed by atoms with Crippen LogP contribution in [-0.4, -0.2) is 28.9 Å². The van der Waals surface area contributed by atoms with E-state index in [0.717, 1.165) is 5.75 Å². The van der Waals surface area contributed by atoms with Crippen molar-refractivity contribution in [2.75, 3.05) is 6.61 Å². The Morgan fingerprint density at radius 3 is 2.48 bits per heavy atom. The molecular weight excluding hydrogens is 272 g/mol. The molecule has 21 heavy (non-hydrogen) atoms. The van der Waals surface area contributed by atoms with Crippen molar-refractivity contribution in [2.45, 2.75) is 13.0 Å². The monoisotopic (exact) mass is 288 g/mol.